The summed E-state index contributed by atoms with van der Waals surface area (Å²) in [5.74, 6) is 0.822. The fraction of sp³-hybridized carbons (Fsp3) is 0. The van der Waals surface area contributed by atoms with E-state index in [-0.39, 0.29) is 5.91 Å². The van der Waals surface area contributed by atoms with Gasteiger partial charge in [-0.25, -0.2) is 4.98 Å². The number of thiazole rings is 1. The van der Waals surface area contributed by atoms with Gasteiger partial charge in [-0.1, -0.05) is 77.8 Å². The quantitative estimate of drug-likeness (QED) is 0.196. The number of benzene rings is 3. The molecule has 1 saturated heterocycles. The molecule has 1 fully saturated rings. The summed E-state index contributed by atoms with van der Waals surface area (Å²) in [6, 6.07) is 28.2. The molecule has 0 unspecified atom stereocenters. The normalized spacial score (nSPS) is 15.6. The van der Waals surface area contributed by atoms with Crippen molar-refractivity contribution in [3.63, 3.8) is 0 Å². The van der Waals surface area contributed by atoms with Crippen molar-refractivity contribution < 1.29 is 9.21 Å². The van der Waals surface area contributed by atoms with Gasteiger partial charge in [-0.3, -0.25) is 9.69 Å². The van der Waals surface area contributed by atoms with Crippen molar-refractivity contribution in [3.05, 3.63) is 117 Å². The van der Waals surface area contributed by atoms with Crippen LogP contribution in [0, 0.1) is 0 Å². The second kappa shape index (κ2) is 10.6. The number of hydrogen-bond donors (Lipinski definition) is 0. The van der Waals surface area contributed by atoms with Gasteiger partial charge >= 0.3 is 0 Å². The summed E-state index contributed by atoms with van der Waals surface area (Å²) in [5.41, 5.74) is 3.18. The number of halogens is 2. The average molecular weight is 575 g/mol. The minimum atomic E-state index is -0.200. The van der Waals surface area contributed by atoms with Crippen LogP contribution in [0.4, 0.5) is 10.8 Å². The first kappa shape index (κ1) is 24.7. The molecule has 38 heavy (non-hydrogen) atoms. The lowest BCUT2D eigenvalue weighted by molar-refractivity contribution is -0.113. The van der Waals surface area contributed by atoms with Gasteiger partial charge in [0.1, 0.15) is 11.5 Å². The van der Waals surface area contributed by atoms with Gasteiger partial charge in [-0.15, -0.1) is 11.3 Å². The number of amidine groups is 1. The molecule has 9 heteroatoms. The molecule has 0 radical (unpaired) electrons. The van der Waals surface area contributed by atoms with Gasteiger partial charge in [-0.05, 0) is 48.2 Å². The number of para-hydroxylation sites is 1. The zero-order chi connectivity index (χ0) is 26.1. The SMILES string of the molecule is O=C1/C(=C\c2ccc(-c3c(Cl)cccc3Cl)o2)S/C(=N/c2nc(-c3ccccc3)cs2)N1c1ccccc1. The lowest BCUT2D eigenvalue weighted by Crippen LogP contribution is -2.28. The molecular formula is C29H17Cl2N3O2S2. The highest BCUT2D eigenvalue weighted by atomic mass is 35.5. The molecule has 5 nitrogen and oxygen atoms in total. The molecule has 0 spiro atoms. The maximum Gasteiger partial charge on any atom is 0.271 e. The summed E-state index contributed by atoms with van der Waals surface area (Å²) < 4.78 is 6.01. The first-order valence-corrected chi connectivity index (χ1v) is 13.9. The van der Waals surface area contributed by atoms with Gasteiger partial charge in [0.2, 0.25) is 5.13 Å². The first-order valence-electron chi connectivity index (χ1n) is 11.5. The molecule has 1 aliphatic heterocycles. The predicted octanol–water partition coefficient (Wildman–Crippen LogP) is 9.19. The molecule has 6 rings (SSSR count). The van der Waals surface area contributed by atoms with E-state index in [1.165, 1.54) is 23.1 Å². The molecule has 0 atom stereocenters. The summed E-state index contributed by atoms with van der Waals surface area (Å²) >= 11 is 15.4. The summed E-state index contributed by atoms with van der Waals surface area (Å²) in [4.78, 5) is 25.1. The number of furan rings is 1. The van der Waals surface area contributed by atoms with E-state index in [1.54, 1.807) is 41.3 Å². The monoisotopic (exact) mass is 573 g/mol. The second-order valence-corrected chi connectivity index (χ2v) is 10.8. The van der Waals surface area contributed by atoms with Crippen molar-refractivity contribution in [1.82, 2.24) is 4.98 Å². The molecular weight excluding hydrogens is 557 g/mol. The van der Waals surface area contributed by atoms with Crippen LogP contribution >= 0.6 is 46.3 Å². The van der Waals surface area contributed by atoms with Crippen LogP contribution in [0.2, 0.25) is 10.0 Å². The van der Waals surface area contributed by atoms with E-state index >= 15 is 0 Å². The molecule has 1 aliphatic rings. The maximum absolute atomic E-state index is 13.6. The van der Waals surface area contributed by atoms with Crippen molar-refractivity contribution in [2.75, 3.05) is 4.90 Å². The zero-order valence-electron chi connectivity index (χ0n) is 19.5. The Morgan fingerprint density at radius 2 is 1.58 bits per heavy atom. The van der Waals surface area contributed by atoms with E-state index in [9.17, 15) is 4.79 Å². The predicted molar refractivity (Wildman–Crippen MR) is 158 cm³/mol. The van der Waals surface area contributed by atoms with Gasteiger partial charge in [0.05, 0.1) is 31.9 Å². The number of aromatic nitrogens is 1. The number of amides is 1. The minimum absolute atomic E-state index is 0.200. The Morgan fingerprint density at radius 1 is 0.868 bits per heavy atom. The minimum Gasteiger partial charge on any atom is -0.457 e. The van der Waals surface area contributed by atoms with Crippen molar-refractivity contribution in [3.8, 4) is 22.6 Å². The molecule has 0 saturated carbocycles. The Morgan fingerprint density at radius 3 is 2.32 bits per heavy atom. The Bertz CT molecular complexity index is 1680. The molecule has 0 bridgehead atoms. The van der Waals surface area contributed by atoms with Crippen LogP contribution in [0.5, 0.6) is 0 Å². The third-order valence-corrected chi connectivity index (χ3v) is 8.02. The van der Waals surface area contributed by atoms with Crippen LogP contribution in [-0.4, -0.2) is 16.1 Å². The first-order chi connectivity index (χ1) is 18.6. The highest BCUT2D eigenvalue weighted by Gasteiger charge is 2.35. The molecule has 2 aromatic heterocycles. The Kier molecular flexibility index (Phi) is 6.91. The van der Waals surface area contributed by atoms with Crippen LogP contribution in [0.15, 0.2) is 111 Å². The van der Waals surface area contributed by atoms with Crippen LogP contribution in [0.1, 0.15) is 5.76 Å². The molecule has 0 aliphatic carbocycles. The van der Waals surface area contributed by atoms with Crippen molar-refractivity contribution in [2.45, 2.75) is 0 Å². The van der Waals surface area contributed by atoms with E-state index in [4.69, 9.17) is 32.6 Å². The molecule has 186 valence electrons. The molecule has 3 heterocycles. The lowest BCUT2D eigenvalue weighted by atomic mass is 10.2. The molecule has 5 aromatic rings. The number of nitrogens with zero attached hydrogens (tertiary/aromatic N) is 3. The number of carbonyl (C=O) groups excluding carboxylic acids is 1. The van der Waals surface area contributed by atoms with Crippen molar-refractivity contribution in [1.29, 1.82) is 0 Å². The van der Waals surface area contributed by atoms with Crippen LogP contribution in [0.3, 0.4) is 0 Å². The van der Waals surface area contributed by atoms with Gasteiger partial charge in [0.15, 0.2) is 5.17 Å². The number of carbonyl (C=O) groups is 1. The summed E-state index contributed by atoms with van der Waals surface area (Å²) in [6.07, 6.45) is 1.71. The fourth-order valence-electron chi connectivity index (χ4n) is 3.92. The van der Waals surface area contributed by atoms with Gasteiger partial charge < -0.3 is 4.42 Å². The smallest absolute Gasteiger partial charge is 0.271 e. The van der Waals surface area contributed by atoms with Crippen LogP contribution in [-0.2, 0) is 4.79 Å². The molecule has 0 N–H and O–H groups in total. The van der Waals surface area contributed by atoms with E-state index in [1.807, 2.05) is 66.0 Å². The van der Waals surface area contributed by atoms with E-state index < -0.39 is 0 Å². The maximum atomic E-state index is 13.6. The lowest BCUT2D eigenvalue weighted by Gasteiger charge is -2.14. The average Bonchev–Trinajstić information content (AvgIpc) is 3.66. The summed E-state index contributed by atoms with van der Waals surface area (Å²) in [6.45, 7) is 0. The van der Waals surface area contributed by atoms with E-state index in [2.05, 4.69) is 4.98 Å². The van der Waals surface area contributed by atoms with E-state index in [0.717, 1.165) is 16.9 Å². The largest absolute Gasteiger partial charge is 0.457 e. The standard InChI is InChI=1S/C29H17Cl2N3O2S2/c30-21-12-7-13-22(31)26(21)24-15-14-20(36-24)16-25-27(35)34(19-10-5-2-6-11-19)29(38-25)33-28-32-23(17-37-28)18-8-3-1-4-9-18/h1-17H/b25-16+,33-29+. The summed E-state index contributed by atoms with van der Waals surface area (Å²) in [7, 11) is 0. The number of aliphatic imine (C=N–C) groups is 1. The number of hydrogen-bond acceptors (Lipinski definition) is 6. The highest BCUT2D eigenvalue weighted by molar-refractivity contribution is 8.19. The van der Waals surface area contributed by atoms with Crippen molar-refractivity contribution >= 4 is 74.3 Å². The third kappa shape index (κ3) is 4.93. The van der Waals surface area contributed by atoms with Gasteiger partial charge in [-0.2, -0.15) is 4.99 Å². The Balaban J connectivity index is 1.35. The Labute approximate surface area is 237 Å². The molecule has 1 amide bonds. The third-order valence-electron chi connectivity index (χ3n) is 5.68. The highest BCUT2D eigenvalue weighted by Crippen LogP contribution is 2.40. The second-order valence-electron chi connectivity index (χ2n) is 8.16. The number of thioether (sulfide) groups is 1. The molecule has 3 aromatic carbocycles. The fourth-order valence-corrected chi connectivity index (χ4v) is 6.22. The topological polar surface area (TPSA) is 58.7 Å². The van der Waals surface area contributed by atoms with Gasteiger partial charge in [0.25, 0.3) is 5.91 Å². The van der Waals surface area contributed by atoms with Crippen molar-refractivity contribution in [2.24, 2.45) is 4.99 Å². The summed E-state index contributed by atoms with van der Waals surface area (Å²) in [5, 5.41) is 4.02. The number of anilines is 1. The Hall–Kier alpha value is -3.62. The van der Waals surface area contributed by atoms with Crippen LogP contribution < -0.4 is 4.90 Å². The van der Waals surface area contributed by atoms with Crippen LogP contribution in [0.25, 0.3) is 28.7 Å². The number of rotatable bonds is 5. The van der Waals surface area contributed by atoms with E-state index in [0.29, 0.717) is 42.3 Å². The zero-order valence-corrected chi connectivity index (χ0v) is 22.7. The van der Waals surface area contributed by atoms with Gasteiger partial charge in [0, 0.05) is 17.0 Å².